The molecule has 0 bridgehead atoms. The van der Waals surface area contributed by atoms with E-state index in [2.05, 4.69) is 19.2 Å². The molecule has 1 rings (SSSR count). The summed E-state index contributed by atoms with van der Waals surface area (Å²) in [5.41, 5.74) is 0. The van der Waals surface area contributed by atoms with Crippen molar-refractivity contribution in [3.8, 4) is 0 Å². The highest BCUT2D eigenvalue weighted by Crippen LogP contribution is 2.37. The first-order chi connectivity index (χ1) is 6.24. The lowest BCUT2D eigenvalue weighted by Crippen LogP contribution is -2.09. The Kier molecular flexibility index (Phi) is 4.79. The van der Waals surface area contributed by atoms with Crippen LogP contribution in [0.15, 0.2) is 0 Å². The van der Waals surface area contributed by atoms with Gasteiger partial charge in [-0.15, -0.1) is 0 Å². The summed E-state index contributed by atoms with van der Waals surface area (Å²) in [4.78, 5) is 0. The van der Waals surface area contributed by atoms with Crippen LogP contribution in [-0.2, 0) is 0 Å². The molecule has 2 atom stereocenters. The second-order valence-corrected chi connectivity index (χ2v) is 4.93. The quantitative estimate of drug-likeness (QED) is 0.646. The molecule has 1 nitrogen and oxygen atoms in total. The van der Waals surface area contributed by atoms with Gasteiger partial charge in [0.15, 0.2) is 0 Å². The number of hydrogen-bond donors (Lipinski definition) is 1. The van der Waals surface area contributed by atoms with Gasteiger partial charge in [-0.1, -0.05) is 20.3 Å². The Morgan fingerprint density at radius 3 is 2.62 bits per heavy atom. The molecule has 0 amide bonds. The molecule has 0 spiro atoms. The zero-order chi connectivity index (χ0) is 9.68. The lowest BCUT2D eigenvalue weighted by molar-refractivity contribution is 0.369. The van der Waals surface area contributed by atoms with E-state index in [1.165, 1.54) is 38.6 Å². The molecule has 2 unspecified atom stereocenters. The molecule has 0 saturated heterocycles. The fourth-order valence-electron chi connectivity index (χ4n) is 2.55. The van der Waals surface area contributed by atoms with Gasteiger partial charge in [0.1, 0.15) is 0 Å². The second kappa shape index (κ2) is 5.64. The maximum atomic E-state index is 3.23. The van der Waals surface area contributed by atoms with Crippen LogP contribution in [0.2, 0.25) is 0 Å². The van der Waals surface area contributed by atoms with Crippen molar-refractivity contribution in [3.05, 3.63) is 0 Å². The summed E-state index contributed by atoms with van der Waals surface area (Å²) in [6, 6.07) is 0. The van der Waals surface area contributed by atoms with E-state index in [0.717, 1.165) is 17.8 Å². The summed E-state index contributed by atoms with van der Waals surface area (Å²) in [7, 11) is 2.05. The molecular weight excluding hydrogens is 158 g/mol. The third-order valence-corrected chi connectivity index (χ3v) is 3.56. The molecular formula is C12H25N. The van der Waals surface area contributed by atoms with Gasteiger partial charge in [0.25, 0.3) is 0 Å². The number of rotatable bonds is 5. The van der Waals surface area contributed by atoms with Crippen molar-refractivity contribution < 1.29 is 0 Å². The molecule has 1 heteroatoms. The highest BCUT2D eigenvalue weighted by atomic mass is 14.8. The minimum Gasteiger partial charge on any atom is -0.320 e. The topological polar surface area (TPSA) is 12.0 Å². The fourth-order valence-corrected chi connectivity index (χ4v) is 2.55. The van der Waals surface area contributed by atoms with E-state index >= 15 is 0 Å². The molecule has 13 heavy (non-hydrogen) atoms. The van der Waals surface area contributed by atoms with Gasteiger partial charge in [0.05, 0.1) is 0 Å². The fraction of sp³-hybridized carbons (Fsp3) is 1.00. The maximum absolute atomic E-state index is 3.23. The van der Waals surface area contributed by atoms with Crippen molar-refractivity contribution in [2.75, 3.05) is 13.6 Å². The Morgan fingerprint density at radius 2 is 2.08 bits per heavy atom. The van der Waals surface area contributed by atoms with E-state index in [9.17, 15) is 0 Å². The minimum absolute atomic E-state index is 0.911. The Hall–Kier alpha value is -0.0400. The average molecular weight is 183 g/mol. The highest BCUT2D eigenvalue weighted by Gasteiger charge is 2.25. The molecule has 78 valence electrons. The van der Waals surface area contributed by atoms with Gasteiger partial charge in [0, 0.05) is 0 Å². The van der Waals surface area contributed by atoms with E-state index in [1.54, 1.807) is 0 Å². The first kappa shape index (κ1) is 11.0. The molecule has 0 aromatic carbocycles. The highest BCUT2D eigenvalue weighted by molar-refractivity contribution is 4.77. The predicted octanol–water partition coefficient (Wildman–Crippen LogP) is 3.06. The molecule has 0 heterocycles. The van der Waals surface area contributed by atoms with Crippen LogP contribution in [0, 0.1) is 17.8 Å². The smallest absolute Gasteiger partial charge is 0.00518 e. The lowest BCUT2D eigenvalue weighted by Gasteiger charge is -2.14. The monoisotopic (exact) mass is 183 g/mol. The van der Waals surface area contributed by atoms with Crippen molar-refractivity contribution in [2.24, 2.45) is 17.8 Å². The zero-order valence-corrected chi connectivity index (χ0v) is 9.47. The van der Waals surface area contributed by atoms with Crippen LogP contribution in [0.1, 0.15) is 46.0 Å². The van der Waals surface area contributed by atoms with Gasteiger partial charge in [-0.3, -0.25) is 0 Å². The summed E-state index contributed by atoms with van der Waals surface area (Å²) < 4.78 is 0. The summed E-state index contributed by atoms with van der Waals surface area (Å²) in [5.74, 6) is 2.98. The van der Waals surface area contributed by atoms with Gasteiger partial charge in [0.2, 0.25) is 0 Å². The van der Waals surface area contributed by atoms with Crippen LogP contribution < -0.4 is 5.32 Å². The van der Waals surface area contributed by atoms with Gasteiger partial charge in [-0.25, -0.2) is 0 Å². The van der Waals surface area contributed by atoms with Crippen LogP contribution in [0.5, 0.6) is 0 Å². The third-order valence-electron chi connectivity index (χ3n) is 3.56. The minimum atomic E-state index is 0.911. The lowest BCUT2D eigenvalue weighted by atomic mass is 9.92. The molecule has 1 N–H and O–H groups in total. The number of nitrogens with one attached hydrogen (secondary N) is 1. The first-order valence-electron chi connectivity index (χ1n) is 5.88. The third kappa shape index (κ3) is 3.68. The second-order valence-electron chi connectivity index (χ2n) is 4.93. The van der Waals surface area contributed by atoms with Crippen molar-refractivity contribution in [3.63, 3.8) is 0 Å². The van der Waals surface area contributed by atoms with E-state index in [4.69, 9.17) is 0 Å². The van der Waals surface area contributed by atoms with Crippen molar-refractivity contribution in [2.45, 2.75) is 46.0 Å². The van der Waals surface area contributed by atoms with Crippen molar-refractivity contribution >= 4 is 0 Å². The van der Waals surface area contributed by atoms with Crippen molar-refractivity contribution in [1.82, 2.24) is 5.32 Å². The van der Waals surface area contributed by atoms with Gasteiger partial charge >= 0.3 is 0 Å². The van der Waals surface area contributed by atoms with Gasteiger partial charge in [-0.2, -0.15) is 0 Å². The van der Waals surface area contributed by atoms with Crippen LogP contribution >= 0.6 is 0 Å². The molecule has 0 aromatic rings. The van der Waals surface area contributed by atoms with Gasteiger partial charge in [-0.05, 0) is 57.0 Å². The molecule has 0 aliphatic heterocycles. The number of hydrogen-bond acceptors (Lipinski definition) is 1. The average Bonchev–Trinajstić information content (AvgIpc) is 2.53. The van der Waals surface area contributed by atoms with Crippen LogP contribution in [-0.4, -0.2) is 13.6 Å². The molecule has 0 radical (unpaired) electrons. The molecule has 1 aliphatic carbocycles. The summed E-state index contributed by atoms with van der Waals surface area (Å²) >= 11 is 0. The Labute approximate surface area is 83.3 Å². The Balaban J connectivity index is 2.10. The normalized spacial score (nSPS) is 28.6. The Morgan fingerprint density at radius 1 is 1.31 bits per heavy atom. The predicted molar refractivity (Wildman–Crippen MR) is 58.8 cm³/mol. The summed E-state index contributed by atoms with van der Waals surface area (Å²) in [5, 5.41) is 3.23. The largest absolute Gasteiger partial charge is 0.320 e. The van der Waals surface area contributed by atoms with Crippen LogP contribution in [0.25, 0.3) is 0 Å². The summed E-state index contributed by atoms with van der Waals surface area (Å²) in [6.07, 6.45) is 7.30. The van der Waals surface area contributed by atoms with Crippen LogP contribution in [0.3, 0.4) is 0 Å². The molecule has 1 saturated carbocycles. The molecule has 0 aromatic heterocycles. The van der Waals surface area contributed by atoms with Crippen LogP contribution in [0.4, 0.5) is 0 Å². The molecule has 1 aliphatic rings. The van der Waals surface area contributed by atoms with E-state index in [0.29, 0.717) is 0 Å². The standard InChI is InChI=1S/C12H25N/c1-10(2)12-7-6-11(9-12)5-4-8-13-3/h10-13H,4-9H2,1-3H3. The van der Waals surface area contributed by atoms with E-state index in [1.807, 2.05) is 7.05 Å². The maximum Gasteiger partial charge on any atom is -0.00518 e. The van der Waals surface area contributed by atoms with E-state index < -0.39 is 0 Å². The van der Waals surface area contributed by atoms with E-state index in [-0.39, 0.29) is 0 Å². The first-order valence-corrected chi connectivity index (χ1v) is 5.88. The Bertz CT molecular complexity index is 131. The zero-order valence-electron chi connectivity index (χ0n) is 9.47. The summed E-state index contributed by atoms with van der Waals surface area (Å²) in [6.45, 7) is 5.95. The SMILES string of the molecule is CNCCCC1CCC(C(C)C)C1. The molecule has 1 fully saturated rings. The van der Waals surface area contributed by atoms with Gasteiger partial charge < -0.3 is 5.32 Å². The van der Waals surface area contributed by atoms with Crippen molar-refractivity contribution in [1.29, 1.82) is 0 Å².